The molecule has 1 unspecified atom stereocenters. The van der Waals surface area contributed by atoms with Crippen LogP contribution in [-0.2, 0) is 17.8 Å². The van der Waals surface area contributed by atoms with Gasteiger partial charge < -0.3 is 4.74 Å². The minimum absolute atomic E-state index is 0.239. The first-order chi connectivity index (χ1) is 10.0. The molecule has 0 spiro atoms. The summed E-state index contributed by atoms with van der Waals surface area (Å²) in [5.74, 6) is 0.755. The zero-order chi connectivity index (χ0) is 15.2. The van der Waals surface area contributed by atoms with Crippen LogP contribution in [0.5, 0.6) is 11.5 Å². The van der Waals surface area contributed by atoms with Gasteiger partial charge in [-0.25, -0.2) is 4.21 Å². The zero-order valence-corrected chi connectivity index (χ0v) is 11.6. The van der Waals surface area contributed by atoms with Crippen molar-refractivity contribution in [2.45, 2.75) is 6.54 Å². The molecule has 0 bridgehead atoms. The van der Waals surface area contributed by atoms with E-state index in [-0.39, 0.29) is 18.0 Å². The van der Waals surface area contributed by atoms with Gasteiger partial charge >= 0.3 is 0 Å². The van der Waals surface area contributed by atoms with Gasteiger partial charge in [-0.05, 0) is 24.3 Å². The lowest BCUT2D eigenvalue weighted by atomic mass is 10.2. The molecule has 2 aromatic carbocycles. The van der Waals surface area contributed by atoms with E-state index in [0.717, 1.165) is 0 Å². The minimum atomic E-state index is -2.27. The minimum Gasteiger partial charge on any atom is -0.455 e. The highest BCUT2D eigenvalue weighted by Crippen LogP contribution is 2.31. The molecule has 0 heterocycles. The van der Waals surface area contributed by atoms with Gasteiger partial charge in [-0.2, -0.15) is 0 Å². The van der Waals surface area contributed by atoms with E-state index < -0.39 is 16.2 Å². The average Bonchev–Trinajstić information content (AvgIpc) is 2.42. The number of nitrogens with one attached hydrogen (secondary N) is 1. The maximum Gasteiger partial charge on any atom is 0.259 e. The van der Waals surface area contributed by atoms with E-state index in [0.29, 0.717) is 11.3 Å². The van der Waals surface area contributed by atoms with Crippen molar-refractivity contribution in [2.24, 2.45) is 0 Å². The Labute approximate surface area is 123 Å². The maximum absolute atomic E-state index is 10.9. The molecular formula is C13H12N2O5S. The van der Waals surface area contributed by atoms with Crippen molar-refractivity contribution in [1.29, 1.82) is 0 Å². The normalized spacial score (nSPS) is 11.7. The lowest BCUT2D eigenvalue weighted by Gasteiger charge is -2.12. The third kappa shape index (κ3) is 4.55. The molecule has 7 nitrogen and oxygen atoms in total. The van der Waals surface area contributed by atoms with Crippen molar-refractivity contribution >= 4 is 17.0 Å². The number of anilines is 1. The third-order valence-corrected chi connectivity index (χ3v) is 2.92. The van der Waals surface area contributed by atoms with Gasteiger partial charge in [0.15, 0.2) is 5.75 Å². The Morgan fingerprint density at radius 3 is 2.57 bits per heavy atom. The van der Waals surface area contributed by atoms with Crippen molar-refractivity contribution in [3.63, 3.8) is 0 Å². The molecule has 2 rings (SSSR count). The molecule has 0 aliphatic rings. The summed E-state index contributed by atoms with van der Waals surface area (Å²) in [5, 5.41) is 10.6. The largest absolute Gasteiger partial charge is 0.455 e. The Hall–Kier alpha value is -2.45. The molecule has 0 radical (unpaired) electrons. The van der Waals surface area contributed by atoms with E-state index in [1.54, 1.807) is 24.3 Å². The molecule has 1 atom stereocenters. The lowest BCUT2D eigenvalue weighted by Crippen LogP contribution is -2.05. The van der Waals surface area contributed by atoms with Crippen LogP contribution in [0.1, 0.15) is 5.56 Å². The van der Waals surface area contributed by atoms with Crippen molar-refractivity contribution < 1.29 is 18.4 Å². The van der Waals surface area contributed by atoms with Crippen LogP contribution in [0, 0.1) is 10.1 Å². The molecule has 0 aliphatic heterocycles. The van der Waals surface area contributed by atoms with Crippen LogP contribution in [0.3, 0.4) is 0 Å². The molecule has 110 valence electrons. The number of nitro groups is 1. The van der Waals surface area contributed by atoms with Crippen molar-refractivity contribution in [2.75, 3.05) is 4.72 Å². The van der Waals surface area contributed by atoms with E-state index in [2.05, 4.69) is 4.72 Å². The van der Waals surface area contributed by atoms with E-state index in [9.17, 15) is 14.3 Å². The molecule has 0 fully saturated rings. The number of hydrogen-bond donors (Lipinski definition) is 2. The highest BCUT2D eigenvalue weighted by Gasteiger charge is 2.11. The lowest BCUT2D eigenvalue weighted by molar-refractivity contribution is -0.496. The van der Waals surface area contributed by atoms with E-state index >= 15 is 0 Å². The van der Waals surface area contributed by atoms with Crippen LogP contribution >= 0.6 is 0 Å². The van der Waals surface area contributed by atoms with Crippen LogP contribution in [-0.4, -0.2) is 13.7 Å². The molecule has 0 aromatic heterocycles. The van der Waals surface area contributed by atoms with Crippen LogP contribution in [0.15, 0.2) is 48.5 Å². The molecule has 0 saturated carbocycles. The number of nitrogens with zero attached hydrogens (tertiary/aromatic N) is 1. The topological polar surface area (TPSA) is 102 Å². The number of ether oxygens (including phenoxy) is 1. The summed E-state index contributed by atoms with van der Waals surface area (Å²) in [5.41, 5.74) is 0.701. The molecular weight excluding hydrogens is 296 g/mol. The van der Waals surface area contributed by atoms with E-state index in [1.165, 1.54) is 18.2 Å². The summed E-state index contributed by atoms with van der Waals surface area (Å²) in [6.07, 6.45) is 0. The number of para-hydroxylation sites is 1. The molecule has 2 aromatic rings. The Balaban J connectivity index is 2.33. The van der Waals surface area contributed by atoms with Gasteiger partial charge in [0.25, 0.3) is 11.3 Å². The maximum atomic E-state index is 10.9. The van der Waals surface area contributed by atoms with Crippen molar-refractivity contribution in [1.82, 2.24) is 0 Å². The first-order valence-electron chi connectivity index (χ1n) is 5.90. The summed E-state index contributed by atoms with van der Waals surface area (Å²) >= 11 is -2.27. The SMILES string of the molecule is O=[N+]([O-])Cc1ccc(NS(=O)O)c(Oc2ccccc2)c1. The van der Waals surface area contributed by atoms with Gasteiger partial charge in [0.2, 0.25) is 6.54 Å². The molecule has 0 saturated heterocycles. The van der Waals surface area contributed by atoms with E-state index in [4.69, 9.17) is 9.29 Å². The average molecular weight is 308 g/mol. The standard InChI is InChI=1S/C13H12N2O5S/c16-15(17)9-10-6-7-12(14-21(18)19)13(8-10)20-11-4-2-1-3-5-11/h1-8,14H,9H2,(H,18,19). The summed E-state index contributed by atoms with van der Waals surface area (Å²) in [6.45, 7) is -0.354. The van der Waals surface area contributed by atoms with Crippen molar-refractivity contribution in [3.8, 4) is 11.5 Å². The third-order valence-electron chi connectivity index (χ3n) is 2.53. The second-order valence-electron chi connectivity index (χ2n) is 4.09. The molecule has 0 amide bonds. The summed E-state index contributed by atoms with van der Waals surface area (Å²) in [7, 11) is 0. The smallest absolute Gasteiger partial charge is 0.259 e. The summed E-state index contributed by atoms with van der Waals surface area (Å²) in [6, 6.07) is 13.2. The molecule has 2 N–H and O–H groups in total. The fourth-order valence-electron chi connectivity index (χ4n) is 1.69. The van der Waals surface area contributed by atoms with Crippen molar-refractivity contribution in [3.05, 3.63) is 64.2 Å². The Morgan fingerprint density at radius 2 is 1.95 bits per heavy atom. The van der Waals surface area contributed by atoms with E-state index in [1.807, 2.05) is 6.07 Å². The first-order valence-corrected chi connectivity index (χ1v) is 7.00. The second kappa shape index (κ2) is 6.82. The van der Waals surface area contributed by atoms with Gasteiger partial charge in [-0.3, -0.25) is 19.4 Å². The van der Waals surface area contributed by atoms with Gasteiger partial charge in [-0.15, -0.1) is 0 Å². The Kier molecular flexibility index (Phi) is 4.85. The molecule has 8 heteroatoms. The number of rotatable bonds is 6. The highest BCUT2D eigenvalue weighted by atomic mass is 32.2. The fourth-order valence-corrected chi connectivity index (χ4v) is 2.05. The van der Waals surface area contributed by atoms with Gasteiger partial charge in [0.1, 0.15) is 5.75 Å². The second-order valence-corrected chi connectivity index (χ2v) is 4.79. The quantitative estimate of drug-likeness (QED) is 0.485. The number of benzene rings is 2. The predicted octanol–water partition coefficient (Wildman–Crippen LogP) is 2.80. The highest BCUT2D eigenvalue weighted by molar-refractivity contribution is 7.80. The Bertz CT molecular complexity index is 663. The summed E-state index contributed by atoms with van der Waals surface area (Å²) in [4.78, 5) is 10.1. The van der Waals surface area contributed by atoms with Gasteiger partial charge in [-0.1, -0.05) is 24.3 Å². The Morgan fingerprint density at radius 1 is 1.24 bits per heavy atom. The van der Waals surface area contributed by atoms with Crippen LogP contribution in [0.2, 0.25) is 0 Å². The van der Waals surface area contributed by atoms with Gasteiger partial charge in [0.05, 0.1) is 5.69 Å². The zero-order valence-electron chi connectivity index (χ0n) is 10.8. The monoisotopic (exact) mass is 308 g/mol. The summed E-state index contributed by atoms with van der Waals surface area (Å²) < 4.78 is 27.7. The van der Waals surface area contributed by atoms with Gasteiger partial charge in [0, 0.05) is 10.5 Å². The van der Waals surface area contributed by atoms with Crippen LogP contribution in [0.4, 0.5) is 5.69 Å². The van der Waals surface area contributed by atoms with Crippen LogP contribution in [0.25, 0.3) is 0 Å². The van der Waals surface area contributed by atoms with Crippen LogP contribution < -0.4 is 9.46 Å². The number of hydrogen-bond acceptors (Lipinski definition) is 4. The first kappa shape index (κ1) is 14.9. The fraction of sp³-hybridized carbons (Fsp3) is 0.0769. The molecule has 0 aliphatic carbocycles. The predicted molar refractivity (Wildman–Crippen MR) is 78.1 cm³/mol. The molecule has 21 heavy (non-hydrogen) atoms.